The third kappa shape index (κ3) is 6.20. The highest BCUT2D eigenvalue weighted by Gasteiger charge is 2.33. The zero-order chi connectivity index (χ0) is 18.9. The van der Waals surface area contributed by atoms with E-state index in [0.29, 0.717) is 31.4 Å². The standard InChI is InChI=1S/C20H30N4O3/c25-19(22-10-12-27-17-7-4-8-21-14-17)13-18-20(26)23-9-11-24(18)15-16-5-2-1-3-6-16/h4,7-8,14,16,18H,1-3,5-6,9-13,15H2,(H,22,25)(H,23,26)/t18-/m1/s1. The first-order valence-corrected chi connectivity index (χ1v) is 10.0. The SMILES string of the molecule is O=C(C[C@@H]1C(=O)NCCN1CC1CCCCC1)NCCOc1cccnc1. The summed E-state index contributed by atoms with van der Waals surface area (Å²) in [4.78, 5) is 30.8. The number of hydrogen-bond acceptors (Lipinski definition) is 5. The van der Waals surface area contributed by atoms with E-state index in [0.717, 1.165) is 13.1 Å². The molecule has 0 bridgehead atoms. The molecule has 2 aliphatic rings. The van der Waals surface area contributed by atoms with Gasteiger partial charge in [-0.25, -0.2) is 0 Å². The van der Waals surface area contributed by atoms with Crippen molar-refractivity contribution in [3.63, 3.8) is 0 Å². The monoisotopic (exact) mass is 374 g/mol. The zero-order valence-electron chi connectivity index (χ0n) is 15.9. The minimum absolute atomic E-state index is 0.0289. The van der Waals surface area contributed by atoms with Crippen LogP contribution in [-0.2, 0) is 9.59 Å². The van der Waals surface area contributed by atoms with Crippen LogP contribution in [0.3, 0.4) is 0 Å². The van der Waals surface area contributed by atoms with Crippen LogP contribution in [0.25, 0.3) is 0 Å². The van der Waals surface area contributed by atoms with Crippen molar-refractivity contribution in [2.45, 2.75) is 44.6 Å². The average molecular weight is 374 g/mol. The van der Waals surface area contributed by atoms with Crippen LogP contribution in [0.4, 0.5) is 0 Å². The lowest BCUT2D eigenvalue weighted by Gasteiger charge is -2.37. The molecule has 2 fully saturated rings. The van der Waals surface area contributed by atoms with Gasteiger partial charge in [0.05, 0.1) is 25.2 Å². The normalized spacial score (nSPS) is 21.5. The van der Waals surface area contributed by atoms with Gasteiger partial charge in [-0.1, -0.05) is 19.3 Å². The lowest BCUT2D eigenvalue weighted by Crippen LogP contribution is -2.57. The molecule has 1 aliphatic carbocycles. The molecule has 1 saturated carbocycles. The maximum absolute atomic E-state index is 12.3. The molecule has 0 unspecified atom stereocenters. The van der Waals surface area contributed by atoms with E-state index in [1.54, 1.807) is 18.5 Å². The predicted octanol–water partition coefficient (Wildman–Crippen LogP) is 1.35. The highest BCUT2D eigenvalue weighted by Crippen LogP contribution is 2.25. The maximum atomic E-state index is 12.3. The number of nitrogens with one attached hydrogen (secondary N) is 2. The van der Waals surface area contributed by atoms with Crippen molar-refractivity contribution < 1.29 is 14.3 Å². The van der Waals surface area contributed by atoms with Crippen LogP contribution in [0.15, 0.2) is 24.5 Å². The van der Waals surface area contributed by atoms with Crippen molar-refractivity contribution >= 4 is 11.8 Å². The molecule has 2 amide bonds. The summed E-state index contributed by atoms with van der Waals surface area (Å²) in [6.07, 6.45) is 9.89. The molecule has 1 aromatic heterocycles. The topological polar surface area (TPSA) is 83.6 Å². The molecule has 0 spiro atoms. The highest BCUT2D eigenvalue weighted by atomic mass is 16.5. The third-order valence-electron chi connectivity index (χ3n) is 5.37. The van der Waals surface area contributed by atoms with E-state index < -0.39 is 0 Å². The van der Waals surface area contributed by atoms with E-state index in [1.165, 1.54) is 32.1 Å². The van der Waals surface area contributed by atoms with Gasteiger partial charge in [0.15, 0.2) is 0 Å². The maximum Gasteiger partial charge on any atom is 0.237 e. The number of ether oxygens (including phenoxy) is 1. The summed E-state index contributed by atoms with van der Waals surface area (Å²) < 4.78 is 5.52. The molecule has 148 valence electrons. The van der Waals surface area contributed by atoms with Crippen LogP contribution >= 0.6 is 0 Å². The van der Waals surface area contributed by atoms with Crippen LogP contribution < -0.4 is 15.4 Å². The van der Waals surface area contributed by atoms with Crippen LogP contribution in [0.5, 0.6) is 5.75 Å². The fraction of sp³-hybridized carbons (Fsp3) is 0.650. The summed E-state index contributed by atoms with van der Waals surface area (Å²) in [5.41, 5.74) is 0. The van der Waals surface area contributed by atoms with Crippen molar-refractivity contribution in [1.82, 2.24) is 20.5 Å². The summed E-state index contributed by atoms with van der Waals surface area (Å²) in [5.74, 6) is 1.19. The molecule has 27 heavy (non-hydrogen) atoms. The van der Waals surface area contributed by atoms with Crippen molar-refractivity contribution in [3.8, 4) is 5.75 Å². The number of hydrogen-bond donors (Lipinski definition) is 2. The first kappa shape index (κ1) is 19.6. The van der Waals surface area contributed by atoms with Gasteiger partial charge in [-0.15, -0.1) is 0 Å². The summed E-state index contributed by atoms with van der Waals surface area (Å²) in [7, 11) is 0. The highest BCUT2D eigenvalue weighted by molar-refractivity contribution is 5.88. The van der Waals surface area contributed by atoms with Gasteiger partial charge in [-0.2, -0.15) is 0 Å². The number of rotatable bonds is 8. The second-order valence-corrected chi connectivity index (χ2v) is 7.40. The second kappa shape index (κ2) is 10.3. The van der Waals surface area contributed by atoms with Crippen molar-refractivity contribution in [2.75, 3.05) is 32.8 Å². The Morgan fingerprint density at radius 3 is 2.96 bits per heavy atom. The fourth-order valence-corrected chi connectivity index (χ4v) is 3.94. The molecule has 1 aliphatic heterocycles. The van der Waals surface area contributed by atoms with Crippen molar-refractivity contribution in [1.29, 1.82) is 0 Å². The van der Waals surface area contributed by atoms with Gasteiger partial charge in [0.25, 0.3) is 0 Å². The Balaban J connectivity index is 1.42. The average Bonchev–Trinajstić information content (AvgIpc) is 2.70. The number of carbonyl (C=O) groups excluding carboxylic acids is 2. The first-order chi connectivity index (χ1) is 13.2. The minimum Gasteiger partial charge on any atom is -0.490 e. The lowest BCUT2D eigenvalue weighted by molar-refractivity contribution is -0.134. The summed E-state index contributed by atoms with van der Waals surface area (Å²) in [5, 5.41) is 5.76. The first-order valence-electron chi connectivity index (χ1n) is 10.0. The van der Waals surface area contributed by atoms with Gasteiger partial charge in [-0.05, 0) is 30.9 Å². The van der Waals surface area contributed by atoms with E-state index in [9.17, 15) is 9.59 Å². The van der Waals surface area contributed by atoms with E-state index in [4.69, 9.17) is 4.74 Å². The van der Waals surface area contributed by atoms with Crippen molar-refractivity contribution in [2.24, 2.45) is 5.92 Å². The number of nitrogens with zero attached hydrogens (tertiary/aromatic N) is 2. The molecule has 2 heterocycles. The van der Waals surface area contributed by atoms with Gasteiger partial charge in [0.1, 0.15) is 12.4 Å². The van der Waals surface area contributed by atoms with Gasteiger partial charge in [0.2, 0.25) is 11.8 Å². The molecular weight excluding hydrogens is 344 g/mol. The molecule has 7 nitrogen and oxygen atoms in total. The van der Waals surface area contributed by atoms with Crippen LogP contribution in [0.2, 0.25) is 0 Å². The van der Waals surface area contributed by atoms with Gasteiger partial charge >= 0.3 is 0 Å². The Labute approximate surface area is 160 Å². The molecule has 1 saturated heterocycles. The van der Waals surface area contributed by atoms with Crippen LogP contribution in [0.1, 0.15) is 38.5 Å². The molecule has 1 aromatic rings. The lowest BCUT2D eigenvalue weighted by atomic mass is 9.88. The van der Waals surface area contributed by atoms with Crippen molar-refractivity contribution in [3.05, 3.63) is 24.5 Å². The fourth-order valence-electron chi connectivity index (χ4n) is 3.94. The molecule has 0 radical (unpaired) electrons. The summed E-state index contributed by atoms with van der Waals surface area (Å²) in [6.45, 7) is 3.20. The van der Waals surface area contributed by atoms with Gasteiger partial charge in [0, 0.05) is 25.8 Å². The number of pyridine rings is 1. The van der Waals surface area contributed by atoms with E-state index >= 15 is 0 Å². The molecule has 3 rings (SSSR count). The van der Waals surface area contributed by atoms with Crippen LogP contribution in [-0.4, -0.2) is 60.5 Å². The molecule has 1 atom stereocenters. The molecule has 7 heteroatoms. The smallest absolute Gasteiger partial charge is 0.237 e. The minimum atomic E-state index is -0.361. The molecule has 0 aromatic carbocycles. The third-order valence-corrected chi connectivity index (χ3v) is 5.37. The zero-order valence-corrected chi connectivity index (χ0v) is 15.9. The quantitative estimate of drug-likeness (QED) is 0.671. The number of piperazine rings is 1. The molecular formula is C20H30N4O3. The number of carbonyl (C=O) groups is 2. The van der Waals surface area contributed by atoms with Gasteiger partial charge < -0.3 is 15.4 Å². The van der Waals surface area contributed by atoms with Crippen LogP contribution in [0, 0.1) is 5.92 Å². The Kier molecular flexibility index (Phi) is 7.45. The van der Waals surface area contributed by atoms with E-state index in [2.05, 4.69) is 20.5 Å². The Morgan fingerprint density at radius 2 is 2.19 bits per heavy atom. The number of amides is 2. The largest absolute Gasteiger partial charge is 0.490 e. The number of aromatic nitrogens is 1. The van der Waals surface area contributed by atoms with E-state index in [-0.39, 0.29) is 24.3 Å². The summed E-state index contributed by atoms with van der Waals surface area (Å²) in [6, 6.07) is 3.26. The summed E-state index contributed by atoms with van der Waals surface area (Å²) >= 11 is 0. The Hall–Kier alpha value is -2.15. The predicted molar refractivity (Wildman–Crippen MR) is 102 cm³/mol. The second-order valence-electron chi connectivity index (χ2n) is 7.40. The Morgan fingerprint density at radius 1 is 1.33 bits per heavy atom. The molecule has 2 N–H and O–H groups in total. The Bertz CT molecular complexity index is 605. The van der Waals surface area contributed by atoms with Gasteiger partial charge in [-0.3, -0.25) is 19.5 Å². The van der Waals surface area contributed by atoms with E-state index in [1.807, 2.05) is 6.07 Å².